The third-order valence-corrected chi connectivity index (χ3v) is 6.34. The van der Waals surface area contributed by atoms with Gasteiger partial charge in [-0.15, -0.1) is 0 Å². The van der Waals surface area contributed by atoms with Crippen molar-refractivity contribution < 1.29 is 0 Å². The lowest BCUT2D eigenvalue weighted by Gasteiger charge is -2.29. The van der Waals surface area contributed by atoms with E-state index in [9.17, 15) is 0 Å². The summed E-state index contributed by atoms with van der Waals surface area (Å²) in [5.41, 5.74) is 4.16. The van der Waals surface area contributed by atoms with Gasteiger partial charge in [-0.25, -0.2) is 4.98 Å². The molecule has 1 aliphatic carbocycles. The summed E-state index contributed by atoms with van der Waals surface area (Å²) in [5, 5.41) is 12.8. The Bertz CT molecular complexity index is 1080. The van der Waals surface area contributed by atoms with E-state index in [1.807, 2.05) is 44.9 Å². The molecule has 2 aromatic heterocycles. The third-order valence-electron chi connectivity index (χ3n) is 6.34. The molecule has 0 atom stereocenters. The molecule has 0 bridgehead atoms. The fourth-order valence-electron chi connectivity index (χ4n) is 4.44. The molecule has 1 aromatic carbocycles. The molecular weight excluding hydrogens is 398 g/mol. The topological polar surface area (TPSA) is 70.9 Å². The molecule has 4 rings (SSSR count). The summed E-state index contributed by atoms with van der Waals surface area (Å²) < 4.78 is 1.95. The van der Waals surface area contributed by atoms with Crippen LogP contribution in [0.15, 0.2) is 36.9 Å². The van der Waals surface area contributed by atoms with Gasteiger partial charge in [-0.1, -0.05) is 18.7 Å². The highest BCUT2D eigenvalue weighted by molar-refractivity contribution is 5.90. The summed E-state index contributed by atoms with van der Waals surface area (Å²) in [6.45, 7) is 7.86. The van der Waals surface area contributed by atoms with Crippen molar-refractivity contribution in [1.82, 2.24) is 25.1 Å². The molecular formula is C25H35N7. The number of fused-ring (bicyclic) bond motifs is 1. The van der Waals surface area contributed by atoms with Gasteiger partial charge in [-0.2, -0.15) is 10.1 Å². The van der Waals surface area contributed by atoms with Crippen LogP contribution in [0, 0.1) is 5.92 Å². The maximum absolute atomic E-state index is 4.80. The van der Waals surface area contributed by atoms with Crippen molar-refractivity contribution in [2.75, 3.05) is 30.9 Å². The van der Waals surface area contributed by atoms with Gasteiger partial charge in [0.25, 0.3) is 0 Å². The Morgan fingerprint density at radius 1 is 1.16 bits per heavy atom. The standard InChI is InChI=1S/C25H35N7/c1-17(2)23-14-20(32(5)30-23)16-26-15-18-10-12-19(13-11-18)27-25-28-22-9-7-6-8-21(22)24(29-25)31(3)4/h6-9,14,18-19,26H,1,10-13,15-16H2,2-5H3,(H,27,28,29)/t18-,19+. The van der Waals surface area contributed by atoms with Crippen molar-refractivity contribution in [3.05, 3.63) is 48.3 Å². The molecule has 1 saturated carbocycles. The monoisotopic (exact) mass is 433 g/mol. The van der Waals surface area contributed by atoms with Crippen LogP contribution in [0.5, 0.6) is 0 Å². The third kappa shape index (κ3) is 5.10. The minimum atomic E-state index is 0.428. The number of hydrogen-bond acceptors (Lipinski definition) is 6. The van der Waals surface area contributed by atoms with Gasteiger partial charge in [0.05, 0.1) is 16.9 Å². The van der Waals surface area contributed by atoms with Crippen LogP contribution in [0.25, 0.3) is 16.5 Å². The van der Waals surface area contributed by atoms with Gasteiger partial charge in [0.1, 0.15) is 5.82 Å². The first-order valence-corrected chi connectivity index (χ1v) is 11.5. The first-order valence-electron chi connectivity index (χ1n) is 11.5. The Hall–Kier alpha value is -2.93. The molecule has 0 spiro atoms. The van der Waals surface area contributed by atoms with Gasteiger partial charge in [0.2, 0.25) is 5.95 Å². The molecule has 0 amide bonds. The summed E-state index contributed by atoms with van der Waals surface area (Å²) in [4.78, 5) is 11.6. The van der Waals surface area contributed by atoms with E-state index in [1.54, 1.807) is 0 Å². The maximum Gasteiger partial charge on any atom is 0.225 e. The number of hydrogen-bond donors (Lipinski definition) is 2. The molecule has 170 valence electrons. The number of para-hydroxylation sites is 1. The normalized spacial score (nSPS) is 18.6. The summed E-state index contributed by atoms with van der Waals surface area (Å²) in [7, 11) is 6.06. The second-order valence-corrected chi connectivity index (χ2v) is 9.20. The van der Waals surface area contributed by atoms with Gasteiger partial charge in [0.15, 0.2) is 0 Å². The van der Waals surface area contributed by atoms with Crippen molar-refractivity contribution >= 4 is 28.2 Å². The van der Waals surface area contributed by atoms with Crippen molar-refractivity contribution in [2.45, 2.75) is 45.2 Å². The molecule has 0 aliphatic heterocycles. The first kappa shape index (κ1) is 22.3. The summed E-state index contributed by atoms with van der Waals surface area (Å²) in [6, 6.07) is 10.8. The predicted molar refractivity (Wildman–Crippen MR) is 133 cm³/mol. The summed E-state index contributed by atoms with van der Waals surface area (Å²) >= 11 is 0. The molecule has 1 aliphatic rings. The second-order valence-electron chi connectivity index (χ2n) is 9.20. The molecule has 0 saturated heterocycles. The molecule has 1 fully saturated rings. The number of nitrogens with one attached hydrogen (secondary N) is 2. The minimum absolute atomic E-state index is 0.428. The van der Waals surface area contributed by atoms with E-state index in [-0.39, 0.29) is 0 Å². The van der Waals surface area contributed by atoms with Crippen molar-refractivity contribution in [3.63, 3.8) is 0 Å². The zero-order valence-corrected chi connectivity index (χ0v) is 19.7. The van der Waals surface area contributed by atoms with Gasteiger partial charge in [-0.3, -0.25) is 4.68 Å². The van der Waals surface area contributed by atoms with E-state index in [4.69, 9.17) is 9.97 Å². The van der Waals surface area contributed by atoms with Gasteiger partial charge < -0.3 is 15.5 Å². The van der Waals surface area contributed by atoms with Crippen LogP contribution in [0.2, 0.25) is 0 Å². The van der Waals surface area contributed by atoms with Crippen LogP contribution in [0.4, 0.5) is 11.8 Å². The van der Waals surface area contributed by atoms with Crippen LogP contribution in [0.3, 0.4) is 0 Å². The van der Waals surface area contributed by atoms with Crippen molar-refractivity contribution in [2.24, 2.45) is 13.0 Å². The van der Waals surface area contributed by atoms with E-state index in [1.165, 1.54) is 18.5 Å². The lowest BCUT2D eigenvalue weighted by Crippen LogP contribution is -2.32. The van der Waals surface area contributed by atoms with Crippen LogP contribution >= 0.6 is 0 Å². The number of rotatable bonds is 8. The molecule has 2 heterocycles. The highest BCUT2D eigenvalue weighted by Gasteiger charge is 2.22. The fraction of sp³-hybridized carbons (Fsp3) is 0.480. The average Bonchev–Trinajstić information content (AvgIpc) is 3.15. The van der Waals surface area contributed by atoms with Crippen molar-refractivity contribution in [3.8, 4) is 0 Å². The first-order chi connectivity index (χ1) is 15.4. The average molecular weight is 434 g/mol. The Kier molecular flexibility index (Phi) is 6.74. The molecule has 0 radical (unpaired) electrons. The van der Waals surface area contributed by atoms with E-state index in [2.05, 4.69) is 45.4 Å². The number of benzene rings is 1. The van der Waals surface area contributed by atoms with Gasteiger partial charge in [-0.05, 0) is 68.8 Å². The number of aromatic nitrogens is 4. The lowest BCUT2D eigenvalue weighted by molar-refractivity contribution is 0.323. The zero-order chi connectivity index (χ0) is 22.7. The largest absolute Gasteiger partial charge is 0.362 e. The molecule has 3 aromatic rings. The van der Waals surface area contributed by atoms with E-state index in [0.717, 1.165) is 59.9 Å². The quantitative estimate of drug-likeness (QED) is 0.554. The lowest BCUT2D eigenvalue weighted by atomic mass is 9.86. The smallest absolute Gasteiger partial charge is 0.225 e. The van der Waals surface area contributed by atoms with Crippen LogP contribution in [-0.2, 0) is 13.6 Å². The summed E-state index contributed by atoms with van der Waals surface area (Å²) in [6.07, 6.45) is 4.71. The molecule has 2 N–H and O–H groups in total. The molecule has 0 unspecified atom stereocenters. The van der Waals surface area contributed by atoms with Crippen LogP contribution in [0.1, 0.15) is 44.0 Å². The van der Waals surface area contributed by atoms with Gasteiger partial charge >= 0.3 is 0 Å². The molecule has 7 heteroatoms. The van der Waals surface area contributed by atoms with Gasteiger partial charge in [0, 0.05) is 39.1 Å². The predicted octanol–water partition coefficient (Wildman–Crippen LogP) is 4.22. The number of anilines is 2. The number of allylic oxidation sites excluding steroid dienone is 1. The number of nitrogens with zero attached hydrogens (tertiary/aromatic N) is 5. The highest BCUT2D eigenvalue weighted by atomic mass is 15.3. The van der Waals surface area contributed by atoms with Crippen LogP contribution in [-0.4, -0.2) is 46.4 Å². The second kappa shape index (κ2) is 9.69. The minimum Gasteiger partial charge on any atom is -0.362 e. The number of aryl methyl sites for hydroxylation is 1. The Labute approximate surface area is 190 Å². The Morgan fingerprint density at radius 3 is 2.59 bits per heavy atom. The van der Waals surface area contributed by atoms with E-state index >= 15 is 0 Å². The van der Waals surface area contributed by atoms with E-state index < -0.39 is 0 Å². The zero-order valence-electron chi connectivity index (χ0n) is 19.7. The van der Waals surface area contributed by atoms with Crippen LogP contribution < -0.4 is 15.5 Å². The SMILES string of the molecule is C=C(C)c1cc(CNC[C@H]2CC[C@@H](Nc3nc(N(C)C)c4ccccc4n3)CC2)n(C)n1. The summed E-state index contributed by atoms with van der Waals surface area (Å²) in [5.74, 6) is 2.40. The molecule has 32 heavy (non-hydrogen) atoms. The Balaban J connectivity index is 1.28. The maximum atomic E-state index is 4.80. The molecule has 7 nitrogen and oxygen atoms in total. The van der Waals surface area contributed by atoms with Crippen molar-refractivity contribution in [1.29, 1.82) is 0 Å². The Morgan fingerprint density at radius 2 is 1.91 bits per heavy atom. The van der Waals surface area contributed by atoms with E-state index in [0.29, 0.717) is 12.0 Å². The highest BCUT2D eigenvalue weighted by Crippen LogP contribution is 2.28. The fourth-order valence-corrected chi connectivity index (χ4v) is 4.44.